The molecule has 0 amide bonds. The number of hydrogen-bond donors (Lipinski definition) is 1. The van der Waals surface area contributed by atoms with E-state index in [4.69, 9.17) is 0 Å². The van der Waals surface area contributed by atoms with Crippen LogP contribution in [0.5, 0.6) is 0 Å². The minimum atomic E-state index is -2.35. The molecule has 0 aliphatic carbocycles. The summed E-state index contributed by atoms with van der Waals surface area (Å²) in [5.41, 5.74) is 0.972. The second-order valence-electron chi connectivity index (χ2n) is 3.41. The van der Waals surface area contributed by atoms with Gasteiger partial charge in [-0.3, -0.25) is 4.68 Å². The van der Waals surface area contributed by atoms with Gasteiger partial charge in [-0.15, -0.1) is 0 Å². The average Bonchev–Trinajstić information content (AvgIpc) is 2.61. The second kappa shape index (κ2) is 5.80. The first kappa shape index (κ1) is 12.1. The number of rotatable bonds is 6. The SMILES string of the molecule is CCNC(CC)c1cnn(CC(F)F)c1. The van der Waals surface area contributed by atoms with Gasteiger partial charge in [0.15, 0.2) is 0 Å². The molecule has 1 unspecified atom stereocenters. The van der Waals surface area contributed by atoms with Crippen molar-refractivity contribution >= 4 is 0 Å². The Bertz CT molecular complexity index is 286. The monoisotopic (exact) mass is 217 g/mol. The van der Waals surface area contributed by atoms with Gasteiger partial charge in [-0.05, 0) is 13.0 Å². The van der Waals surface area contributed by atoms with E-state index in [1.807, 2.05) is 6.92 Å². The fourth-order valence-corrected chi connectivity index (χ4v) is 1.55. The van der Waals surface area contributed by atoms with Crippen LogP contribution in [-0.2, 0) is 6.54 Å². The highest BCUT2D eigenvalue weighted by Gasteiger charge is 2.11. The fourth-order valence-electron chi connectivity index (χ4n) is 1.55. The van der Waals surface area contributed by atoms with Gasteiger partial charge < -0.3 is 5.32 Å². The molecule has 0 aliphatic heterocycles. The highest BCUT2D eigenvalue weighted by Crippen LogP contribution is 2.15. The summed E-state index contributed by atoms with van der Waals surface area (Å²) < 4.78 is 25.5. The molecule has 1 atom stereocenters. The maximum absolute atomic E-state index is 12.1. The van der Waals surface area contributed by atoms with Crippen molar-refractivity contribution in [2.24, 2.45) is 0 Å². The van der Waals surface area contributed by atoms with Gasteiger partial charge in [0, 0.05) is 17.8 Å². The number of alkyl halides is 2. The van der Waals surface area contributed by atoms with Crippen molar-refractivity contribution in [1.29, 1.82) is 0 Å². The van der Waals surface area contributed by atoms with Crippen LogP contribution >= 0.6 is 0 Å². The van der Waals surface area contributed by atoms with Crippen LogP contribution < -0.4 is 5.32 Å². The van der Waals surface area contributed by atoms with Gasteiger partial charge in [-0.25, -0.2) is 8.78 Å². The number of aromatic nitrogens is 2. The molecule has 0 saturated heterocycles. The Morgan fingerprint density at radius 1 is 1.47 bits per heavy atom. The van der Waals surface area contributed by atoms with E-state index in [1.54, 1.807) is 12.4 Å². The van der Waals surface area contributed by atoms with Crippen LogP contribution in [0.1, 0.15) is 31.9 Å². The average molecular weight is 217 g/mol. The number of hydrogen-bond acceptors (Lipinski definition) is 2. The lowest BCUT2D eigenvalue weighted by atomic mass is 10.1. The standard InChI is InChI=1S/C10H17F2N3/c1-3-9(13-4-2)8-5-14-15(6-8)7-10(11)12/h5-6,9-10,13H,3-4,7H2,1-2H3. The second-order valence-corrected chi connectivity index (χ2v) is 3.41. The van der Waals surface area contributed by atoms with Gasteiger partial charge >= 0.3 is 0 Å². The molecular formula is C10H17F2N3. The van der Waals surface area contributed by atoms with Crippen molar-refractivity contribution in [1.82, 2.24) is 15.1 Å². The molecule has 1 aromatic heterocycles. The van der Waals surface area contributed by atoms with E-state index in [0.717, 1.165) is 18.5 Å². The summed E-state index contributed by atoms with van der Waals surface area (Å²) in [6, 6.07) is 0.210. The molecule has 15 heavy (non-hydrogen) atoms. The molecule has 0 bridgehead atoms. The van der Waals surface area contributed by atoms with Crippen LogP contribution in [0.25, 0.3) is 0 Å². The zero-order valence-corrected chi connectivity index (χ0v) is 9.08. The Labute approximate surface area is 88.5 Å². The van der Waals surface area contributed by atoms with E-state index >= 15 is 0 Å². The summed E-state index contributed by atoms with van der Waals surface area (Å²) in [4.78, 5) is 0. The molecule has 0 fully saturated rings. The summed E-state index contributed by atoms with van der Waals surface area (Å²) in [6.45, 7) is 4.60. The van der Waals surface area contributed by atoms with Crippen LogP contribution in [0.3, 0.4) is 0 Å². The van der Waals surface area contributed by atoms with Crippen LogP contribution in [0.15, 0.2) is 12.4 Å². The van der Waals surface area contributed by atoms with Gasteiger partial charge in [0.05, 0.1) is 6.20 Å². The topological polar surface area (TPSA) is 29.9 Å². The maximum atomic E-state index is 12.1. The van der Waals surface area contributed by atoms with E-state index in [0.29, 0.717) is 0 Å². The van der Waals surface area contributed by atoms with Crippen molar-refractivity contribution in [2.45, 2.75) is 39.3 Å². The Hall–Kier alpha value is -0.970. The zero-order chi connectivity index (χ0) is 11.3. The molecule has 1 heterocycles. The van der Waals surface area contributed by atoms with Crippen molar-refractivity contribution < 1.29 is 8.78 Å². The van der Waals surface area contributed by atoms with E-state index in [2.05, 4.69) is 17.3 Å². The molecule has 86 valence electrons. The maximum Gasteiger partial charge on any atom is 0.257 e. The smallest absolute Gasteiger partial charge is 0.257 e. The van der Waals surface area contributed by atoms with Crippen molar-refractivity contribution in [3.05, 3.63) is 18.0 Å². The Morgan fingerprint density at radius 2 is 2.20 bits per heavy atom. The van der Waals surface area contributed by atoms with Gasteiger partial charge in [-0.2, -0.15) is 5.10 Å². The van der Waals surface area contributed by atoms with E-state index < -0.39 is 6.43 Å². The van der Waals surface area contributed by atoms with Crippen molar-refractivity contribution in [3.8, 4) is 0 Å². The Balaban J connectivity index is 2.64. The van der Waals surface area contributed by atoms with Gasteiger partial charge in [-0.1, -0.05) is 13.8 Å². The van der Waals surface area contributed by atoms with E-state index in [-0.39, 0.29) is 12.6 Å². The zero-order valence-electron chi connectivity index (χ0n) is 9.08. The highest BCUT2D eigenvalue weighted by atomic mass is 19.3. The normalized spacial score (nSPS) is 13.4. The molecule has 1 rings (SSSR count). The lowest BCUT2D eigenvalue weighted by Crippen LogP contribution is -2.19. The third-order valence-electron chi connectivity index (χ3n) is 2.24. The van der Waals surface area contributed by atoms with E-state index in [9.17, 15) is 8.78 Å². The van der Waals surface area contributed by atoms with Gasteiger partial charge in [0.1, 0.15) is 6.54 Å². The predicted octanol–water partition coefficient (Wildman–Crippen LogP) is 2.21. The molecular weight excluding hydrogens is 200 g/mol. The molecule has 1 aromatic rings. The molecule has 0 aliphatic rings. The number of nitrogens with zero attached hydrogens (tertiary/aromatic N) is 2. The Kier molecular flexibility index (Phi) is 4.68. The molecule has 1 N–H and O–H groups in total. The Morgan fingerprint density at radius 3 is 2.73 bits per heavy atom. The number of halogens is 2. The summed E-state index contributed by atoms with van der Waals surface area (Å²) >= 11 is 0. The predicted molar refractivity (Wildman–Crippen MR) is 54.9 cm³/mol. The van der Waals surface area contributed by atoms with Crippen molar-refractivity contribution in [3.63, 3.8) is 0 Å². The fraction of sp³-hybridized carbons (Fsp3) is 0.700. The highest BCUT2D eigenvalue weighted by molar-refractivity contribution is 5.10. The van der Waals surface area contributed by atoms with Gasteiger partial charge in [0.25, 0.3) is 6.43 Å². The first-order chi connectivity index (χ1) is 7.17. The lowest BCUT2D eigenvalue weighted by molar-refractivity contribution is 0.122. The molecule has 0 saturated carbocycles. The molecule has 5 heteroatoms. The summed E-state index contributed by atoms with van der Waals surface area (Å²) in [7, 11) is 0. The quantitative estimate of drug-likeness (QED) is 0.791. The molecule has 0 radical (unpaired) electrons. The molecule has 3 nitrogen and oxygen atoms in total. The number of nitrogens with one attached hydrogen (secondary N) is 1. The lowest BCUT2D eigenvalue weighted by Gasteiger charge is -2.13. The van der Waals surface area contributed by atoms with Crippen LogP contribution in [0, 0.1) is 0 Å². The van der Waals surface area contributed by atoms with Crippen LogP contribution in [0.4, 0.5) is 8.78 Å². The first-order valence-corrected chi connectivity index (χ1v) is 5.21. The molecule has 0 spiro atoms. The van der Waals surface area contributed by atoms with Crippen LogP contribution in [0.2, 0.25) is 0 Å². The van der Waals surface area contributed by atoms with Gasteiger partial charge in [0.2, 0.25) is 0 Å². The molecule has 0 aromatic carbocycles. The minimum absolute atomic E-state index is 0.210. The third-order valence-corrected chi connectivity index (χ3v) is 2.24. The largest absolute Gasteiger partial charge is 0.310 e. The summed E-state index contributed by atoms with van der Waals surface area (Å²) in [5.74, 6) is 0. The summed E-state index contributed by atoms with van der Waals surface area (Å²) in [6.07, 6.45) is 1.91. The first-order valence-electron chi connectivity index (χ1n) is 5.21. The summed E-state index contributed by atoms with van der Waals surface area (Å²) in [5, 5.41) is 7.18. The third kappa shape index (κ3) is 3.58. The minimum Gasteiger partial charge on any atom is -0.310 e. The van der Waals surface area contributed by atoms with Crippen LogP contribution in [-0.4, -0.2) is 22.8 Å². The van der Waals surface area contributed by atoms with E-state index in [1.165, 1.54) is 4.68 Å². The van der Waals surface area contributed by atoms with Crippen molar-refractivity contribution in [2.75, 3.05) is 6.54 Å².